The number of rotatable bonds is 4. The Labute approximate surface area is 143 Å². The minimum atomic E-state index is -0.761. The van der Waals surface area contributed by atoms with Crippen LogP contribution in [0.15, 0.2) is 35.2 Å². The molecule has 1 aromatic heterocycles. The van der Waals surface area contributed by atoms with Crippen molar-refractivity contribution in [1.82, 2.24) is 0 Å². The van der Waals surface area contributed by atoms with E-state index in [0.717, 1.165) is 36.8 Å². The third-order valence-corrected chi connectivity index (χ3v) is 6.90. The maximum atomic E-state index is 12.0. The zero-order valence-corrected chi connectivity index (χ0v) is 14.6. The number of aryl methyl sites for hydroxylation is 1. The van der Waals surface area contributed by atoms with E-state index < -0.39 is 17.5 Å². The molecule has 0 bridgehead atoms. The van der Waals surface area contributed by atoms with Crippen LogP contribution in [-0.4, -0.2) is 22.3 Å². The Morgan fingerprint density at radius 2 is 2.17 bits per heavy atom. The summed E-state index contributed by atoms with van der Waals surface area (Å²) >= 11 is 0. The van der Waals surface area contributed by atoms with Crippen LogP contribution in [0.4, 0.5) is 0 Å². The molecule has 0 aromatic carbocycles. The lowest BCUT2D eigenvalue weighted by atomic mass is 9.46. The zero-order valence-electron chi connectivity index (χ0n) is 14.6. The lowest BCUT2D eigenvalue weighted by Crippen LogP contribution is -2.56. The Balaban J connectivity index is 1.91. The van der Waals surface area contributed by atoms with Gasteiger partial charge in [0, 0.05) is 0 Å². The van der Waals surface area contributed by atoms with Crippen LogP contribution in [0.3, 0.4) is 0 Å². The van der Waals surface area contributed by atoms with Crippen molar-refractivity contribution in [3.8, 4) is 0 Å². The van der Waals surface area contributed by atoms with E-state index in [0.29, 0.717) is 12.8 Å². The summed E-state index contributed by atoms with van der Waals surface area (Å²) in [7, 11) is 0. The van der Waals surface area contributed by atoms with E-state index in [4.69, 9.17) is 4.42 Å². The molecule has 2 aliphatic carbocycles. The molecule has 0 aliphatic heterocycles. The van der Waals surface area contributed by atoms with Crippen molar-refractivity contribution in [3.05, 3.63) is 36.3 Å². The maximum absolute atomic E-state index is 12.0. The first-order chi connectivity index (χ1) is 11.3. The van der Waals surface area contributed by atoms with Crippen molar-refractivity contribution in [3.63, 3.8) is 0 Å². The van der Waals surface area contributed by atoms with Gasteiger partial charge in [-0.1, -0.05) is 19.9 Å². The monoisotopic (exact) mass is 332 g/mol. The van der Waals surface area contributed by atoms with E-state index in [1.54, 1.807) is 12.5 Å². The van der Waals surface area contributed by atoms with E-state index in [1.165, 1.54) is 0 Å². The highest BCUT2D eigenvalue weighted by Gasteiger charge is 2.59. The summed E-state index contributed by atoms with van der Waals surface area (Å²) in [5, 5.41) is 20.4. The first-order valence-electron chi connectivity index (χ1n) is 8.90. The predicted octanol–water partition coefficient (Wildman–Crippen LogP) is 4.05. The van der Waals surface area contributed by atoms with Crippen molar-refractivity contribution in [2.75, 3.05) is 0 Å². The molecule has 4 nitrogen and oxygen atoms in total. The second-order valence-corrected chi connectivity index (χ2v) is 8.18. The SMILES string of the molecule is C=C1[C@H](O)C[C@H]2[C@](C)(CCC[C@]2(C)C(=O)O)[C@H]1CCc1ccoc1. The average molecular weight is 332 g/mol. The standard InChI is InChI=1S/C20H28O4/c1-13-15(6-5-14-7-10-24-12-14)19(2)8-4-9-20(3,18(22)23)17(19)11-16(13)21/h7,10,12,15-17,21H,1,4-6,8-9,11H2,2-3H3,(H,22,23)/t15-,16+,17-,19+,20-/m0/s1. The molecule has 24 heavy (non-hydrogen) atoms. The van der Waals surface area contributed by atoms with Crippen molar-refractivity contribution in [2.24, 2.45) is 22.7 Å². The summed E-state index contributed by atoms with van der Waals surface area (Å²) in [5.74, 6) is -0.613. The fraction of sp³-hybridized carbons (Fsp3) is 0.650. The second kappa shape index (κ2) is 6.07. The molecule has 0 radical (unpaired) electrons. The van der Waals surface area contributed by atoms with E-state index in [1.807, 2.05) is 13.0 Å². The second-order valence-electron chi connectivity index (χ2n) is 8.18. The Bertz CT molecular complexity index is 620. The third-order valence-electron chi connectivity index (χ3n) is 6.90. The van der Waals surface area contributed by atoms with Crippen LogP contribution in [0.2, 0.25) is 0 Å². The summed E-state index contributed by atoms with van der Waals surface area (Å²) < 4.78 is 5.15. The Kier molecular flexibility index (Phi) is 4.37. The molecule has 2 fully saturated rings. The molecule has 0 unspecified atom stereocenters. The van der Waals surface area contributed by atoms with E-state index in [2.05, 4.69) is 13.5 Å². The Hall–Kier alpha value is -1.55. The average Bonchev–Trinajstić information content (AvgIpc) is 3.03. The van der Waals surface area contributed by atoms with Crippen LogP contribution >= 0.6 is 0 Å². The molecule has 2 aliphatic rings. The Morgan fingerprint density at radius 1 is 1.42 bits per heavy atom. The molecule has 0 spiro atoms. The number of carboxylic acids is 1. The number of aliphatic hydroxyl groups is 1. The highest BCUT2D eigenvalue weighted by atomic mass is 16.4. The van der Waals surface area contributed by atoms with Gasteiger partial charge in [0.05, 0.1) is 24.0 Å². The van der Waals surface area contributed by atoms with E-state index in [-0.39, 0.29) is 17.3 Å². The van der Waals surface area contributed by atoms with Crippen LogP contribution in [0, 0.1) is 22.7 Å². The van der Waals surface area contributed by atoms with Gasteiger partial charge in [-0.2, -0.15) is 0 Å². The molecule has 4 heteroatoms. The molecule has 5 atom stereocenters. The molecule has 0 saturated heterocycles. The topological polar surface area (TPSA) is 70.7 Å². The lowest BCUT2D eigenvalue weighted by molar-refractivity contribution is -0.167. The third kappa shape index (κ3) is 2.61. The van der Waals surface area contributed by atoms with Gasteiger partial charge in [-0.05, 0) is 73.5 Å². The number of fused-ring (bicyclic) bond motifs is 1. The number of carbonyl (C=O) groups is 1. The molecule has 1 heterocycles. The number of hydrogen-bond acceptors (Lipinski definition) is 3. The summed E-state index contributed by atoms with van der Waals surface area (Å²) in [6, 6.07) is 1.96. The summed E-state index contributed by atoms with van der Waals surface area (Å²) in [5.41, 5.74) is 1.14. The minimum absolute atomic E-state index is 0.0221. The highest BCUT2D eigenvalue weighted by Crippen LogP contribution is 2.61. The van der Waals surface area contributed by atoms with Gasteiger partial charge in [0.25, 0.3) is 0 Å². The lowest BCUT2D eigenvalue weighted by Gasteiger charge is -2.58. The highest BCUT2D eigenvalue weighted by molar-refractivity contribution is 5.75. The minimum Gasteiger partial charge on any atom is -0.481 e. The van der Waals surface area contributed by atoms with Crippen molar-refractivity contribution >= 4 is 5.97 Å². The first-order valence-corrected chi connectivity index (χ1v) is 8.90. The number of furan rings is 1. The quantitative estimate of drug-likeness (QED) is 0.816. The summed E-state index contributed by atoms with van der Waals surface area (Å²) in [6.45, 7) is 8.27. The fourth-order valence-electron chi connectivity index (χ4n) is 5.41. The fourth-order valence-corrected chi connectivity index (χ4v) is 5.41. The van der Waals surface area contributed by atoms with Crippen molar-refractivity contribution in [2.45, 2.75) is 58.5 Å². The molecule has 132 valence electrons. The molecule has 1 aromatic rings. The van der Waals surface area contributed by atoms with Gasteiger partial charge in [-0.15, -0.1) is 0 Å². The van der Waals surface area contributed by atoms with E-state index >= 15 is 0 Å². The van der Waals surface area contributed by atoms with Gasteiger partial charge in [0.1, 0.15) is 0 Å². The maximum Gasteiger partial charge on any atom is 0.309 e. The van der Waals surface area contributed by atoms with Crippen LogP contribution in [0.5, 0.6) is 0 Å². The summed E-state index contributed by atoms with van der Waals surface area (Å²) in [4.78, 5) is 12.0. The predicted molar refractivity (Wildman–Crippen MR) is 91.5 cm³/mol. The molecule has 2 N–H and O–H groups in total. The largest absolute Gasteiger partial charge is 0.481 e. The van der Waals surface area contributed by atoms with Crippen LogP contribution in [0.25, 0.3) is 0 Å². The number of aliphatic carboxylic acids is 1. The van der Waals surface area contributed by atoms with Gasteiger partial charge >= 0.3 is 5.97 Å². The molecular formula is C20H28O4. The Morgan fingerprint density at radius 3 is 2.79 bits per heavy atom. The van der Waals surface area contributed by atoms with Crippen LogP contribution in [-0.2, 0) is 11.2 Å². The van der Waals surface area contributed by atoms with Gasteiger partial charge < -0.3 is 14.6 Å². The number of aliphatic hydroxyl groups excluding tert-OH is 1. The molecule has 0 amide bonds. The first kappa shape index (κ1) is 17.3. The summed E-state index contributed by atoms with van der Waals surface area (Å²) in [6.07, 6.45) is 7.68. The molecule has 2 saturated carbocycles. The van der Waals surface area contributed by atoms with Gasteiger partial charge in [0.15, 0.2) is 0 Å². The smallest absolute Gasteiger partial charge is 0.309 e. The van der Waals surface area contributed by atoms with Crippen molar-refractivity contribution in [1.29, 1.82) is 0 Å². The number of hydrogen-bond donors (Lipinski definition) is 2. The van der Waals surface area contributed by atoms with Gasteiger partial charge in [-0.25, -0.2) is 0 Å². The van der Waals surface area contributed by atoms with Gasteiger partial charge in [-0.3, -0.25) is 4.79 Å². The van der Waals surface area contributed by atoms with Crippen LogP contribution in [0.1, 0.15) is 51.5 Å². The van der Waals surface area contributed by atoms with Crippen LogP contribution < -0.4 is 0 Å². The van der Waals surface area contributed by atoms with Crippen molar-refractivity contribution < 1.29 is 19.4 Å². The molecular weight excluding hydrogens is 304 g/mol. The van der Waals surface area contributed by atoms with E-state index in [9.17, 15) is 15.0 Å². The zero-order chi connectivity index (χ0) is 17.5. The number of carboxylic acid groups (broad SMARTS) is 1. The van der Waals surface area contributed by atoms with Gasteiger partial charge in [0.2, 0.25) is 0 Å². The molecule has 3 rings (SSSR count). The normalized spacial score (nSPS) is 39.5.